The molecule has 1 heterocycles. The van der Waals surface area contributed by atoms with Crippen LogP contribution in [0.1, 0.15) is 32.6 Å². The SMILES string of the molecule is C=CCN(CCC)C(=O)CC1CCNCC1. The molecule has 1 aliphatic rings. The van der Waals surface area contributed by atoms with Gasteiger partial charge in [0.15, 0.2) is 0 Å². The van der Waals surface area contributed by atoms with E-state index in [1.807, 2.05) is 11.0 Å². The van der Waals surface area contributed by atoms with Crippen LogP contribution in [0, 0.1) is 5.92 Å². The minimum absolute atomic E-state index is 0.300. The number of rotatable bonds is 6. The van der Waals surface area contributed by atoms with Crippen molar-refractivity contribution in [1.82, 2.24) is 10.2 Å². The topological polar surface area (TPSA) is 32.3 Å². The Morgan fingerprint density at radius 2 is 2.19 bits per heavy atom. The lowest BCUT2D eigenvalue weighted by atomic mass is 9.94. The van der Waals surface area contributed by atoms with Gasteiger partial charge in [-0.25, -0.2) is 0 Å². The number of hydrogen-bond donors (Lipinski definition) is 1. The molecule has 1 amide bonds. The van der Waals surface area contributed by atoms with Crippen molar-refractivity contribution in [3.05, 3.63) is 12.7 Å². The maximum absolute atomic E-state index is 12.0. The first-order valence-electron chi connectivity index (χ1n) is 6.37. The molecule has 1 saturated heterocycles. The number of carbonyl (C=O) groups excluding carboxylic acids is 1. The molecule has 0 aromatic rings. The standard InChI is InChI=1S/C13H24N2O/c1-3-9-15(10-4-2)13(16)11-12-5-7-14-8-6-12/h3,12,14H,1,4-11H2,2H3. The van der Waals surface area contributed by atoms with E-state index in [2.05, 4.69) is 18.8 Å². The maximum atomic E-state index is 12.0. The number of nitrogens with zero attached hydrogens (tertiary/aromatic N) is 1. The Morgan fingerprint density at radius 3 is 2.75 bits per heavy atom. The molecule has 3 nitrogen and oxygen atoms in total. The summed E-state index contributed by atoms with van der Waals surface area (Å²) in [4.78, 5) is 14.0. The smallest absolute Gasteiger partial charge is 0.223 e. The summed E-state index contributed by atoms with van der Waals surface area (Å²) in [6, 6.07) is 0. The summed E-state index contributed by atoms with van der Waals surface area (Å²) in [6.45, 7) is 9.49. The molecule has 1 N–H and O–H groups in total. The summed E-state index contributed by atoms with van der Waals surface area (Å²) < 4.78 is 0. The van der Waals surface area contributed by atoms with Crippen molar-refractivity contribution in [2.24, 2.45) is 5.92 Å². The third-order valence-electron chi connectivity index (χ3n) is 3.12. The van der Waals surface area contributed by atoms with Crippen LogP contribution in [0.2, 0.25) is 0 Å². The molecule has 92 valence electrons. The van der Waals surface area contributed by atoms with Gasteiger partial charge >= 0.3 is 0 Å². The molecule has 0 aliphatic carbocycles. The van der Waals surface area contributed by atoms with Gasteiger partial charge in [-0.3, -0.25) is 4.79 Å². The van der Waals surface area contributed by atoms with E-state index >= 15 is 0 Å². The molecule has 0 atom stereocenters. The lowest BCUT2D eigenvalue weighted by Gasteiger charge is -2.26. The Bertz CT molecular complexity index is 222. The summed E-state index contributed by atoms with van der Waals surface area (Å²) in [5.41, 5.74) is 0. The first-order chi connectivity index (χ1) is 7.77. The van der Waals surface area contributed by atoms with E-state index in [4.69, 9.17) is 0 Å². The highest BCUT2D eigenvalue weighted by Gasteiger charge is 2.19. The average molecular weight is 224 g/mol. The molecule has 0 aromatic heterocycles. The third kappa shape index (κ3) is 4.35. The highest BCUT2D eigenvalue weighted by atomic mass is 16.2. The van der Waals surface area contributed by atoms with E-state index in [1.54, 1.807) is 0 Å². The van der Waals surface area contributed by atoms with Crippen LogP contribution in [-0.2, 0) is 4.79 Å². The van der Waals surface area contributed by atoms with E-state index in [-0.39, 0.29) is 0 Å². The van der Waals surface area contributed by atoms with Gasteiger partial charge in [0.2, 0.25) is 5.91 Å². The monoisotopic (exact) mass is 224 g/mol. The minimum atomic E-state index is 0.300. The third-order valence-corrected chi connectivity index (χ3v) is 3.12. The molecule has 0 aromatic carbocycles. The zero-order valence-corrected chi connectivity index (χ0v) is 10.4. The van der Waals surface area contributed by atoms with Gasteiger partial charge in [-0.1, -0.05) is 13.0 Å². The van der Waals surface area contributed by atoms with Crippen molar-refractivity contribution < 1.29 is 4.79 Å². The molecule has 0 unspecified atom stereocenters. The molecule has 0 radical (unpaired) electrons. The van der Waals surface area contributed by atoms with Gasteiger partial charge in [0.1, 0.15) is 0 Å². The quantitative estimate of drug-likeness (QED) is 0.698. The van der Waals surface area contributed by atoms with Crippen LogP contribution in [0.4, 0.5) is 0 Å². The predicted molar refractivity (Wildman–Crippen MR) is 67.3 cm³/mol. The number of amides is 1. The van der Waals surface area contributed by atoms with Crippen LogP contribution in [0.3, 0.4) is 0 Å². The molecule has 0 spiro atoms. The van der Waals surface area contributed by atoms with Crippen LogP contribution < -0.4 is 5.32 Å². The van der Waals surface area contributed by atoms with Crippen molar-refractivity contribution in [1.29, 1.82) is 0 Å². The molecule has 0 saturated carbocycles. The molecule has 1 rings (SSSR count). The molecule has 1 fully saturated rings. The van der Waals surface area contributed by atoms with Gasteiger partial charge in [0.05, 0.1) is 0 Å². The van der Waals surface area contributed by atoms with Crippen molar-refractivity contribution in [3.8, 4) is 0 Å². The van der Waals surface area contributed by atoms with Crippen molar-refractivity contribution in [2.45, 2.75) is 32.6 Å². The molecular weight excluding hydrogens is 200 g/mol. The summed E-state index contributed by atoms with van der Waals surface area (Å²) in [7, 11) is 0. The van der Waals surface area contributed by atoms with Crippen LogP contribution in [0.15, 0.2) is 12.7 Å². The fourth-order valence-corrected chi connectivity index (χ4v) is 2.21. The average Bonchev–Trinajstić information content (AvgIpc) is 2.30. The van der Waals surface area contributed by atoms with Crippen molar-refractivity contribution >= 4 is 5.91 Å². The number of carbonyl (C=O) groups is 1. The van der Waals surface area contributed by atoms with Gasteiger partial charge in [-0.05, 0) is 38.3 Å². The largest absolute Gasteiger partial charge is 0.339 e. The van der Waals surface area contributed by atoms with Gasteiger partial charge in [-0.15, -0.1) is 6.58 Å². The fourth-order valence-electron chi connectivity index (χ4n) is 2.21. The summed E-state index contributed by atoms with van der Waals surface area (Å²) >= 11 is 0. The lowest BCUT2D eigenvalue weighted by Crippen LogP contribution is -2.35. The maximum Gasteiger partial charge on any atom is 0.223 e. The second kappa shape index (κ2) is 7.44. The molecule has 0 bridgehead atoms. The highest BCUT2D eigenvalue weighted by molar-refractivity contribution is 5.76. The lowest BCUT2D eigenvalue weighted by molar-refractivity contribution is -0.131. The Morgan fingerprint density at radius 1 is 1.50 bits per heavy atom. The van der Waals surface area contributed by atoms with Gasteiger partial charge in [0.25, 0.3) is 0 Å². The summed E-state index contributed by atoms with van der Waals surface area (Å²) in [5.74, 6) is 0.881. The number of nitrogens with one attached hydrogen (secondary N) is 1. The van der Waals surface area contributed by atoms with Crippen molar-refractivity contribution in [3.63, 3.8) is 0 Å². The Labute approximate surface area is 98.9 Å². The Hall–Kier alpha value is -0.830. The zero-order chi connectivity index (χ0) is 11.8. The Kier molecular flexibility index (Phi) is 6.16. The molecule has 3 heteroatoms. The fraction of sp³-hybridized carbons (Fsp3) is 0.769. The van der Waals surface area contributed by atoms with E-state index in [0.29, 0.717) is 18.4 Å². The van der Waals surface area contributed by atoms with Crippen LogP contribution in [0.25, 0.3) is 0 Å². The molecule has 16 heavy (non-hydrogen) atoms. The first-order valence-corrected chi connectivity index (χ1v) is 6.37. The molecular formula is C13H24N2O. The van der Waals surface area contributed by atoms with Crippen LogP contribution in [0.5, 0.6) is 0 Å². The molecule has 1 aliphatic heterocycles. The van der Waals surface area contributed by atoms with Gasteiger partial charge in [0, 0.05) is 19.5 Å². The number of piperidine rings is 1. The predicted octanol–water partition coefficient (Wildman–Crippen LogP) is 1.80. The number of hydrogen-bond acceptors (Lipinski definition) is 2. The van der Waals surface area contributed by atoms with Crippen LogP contribution >= 0.6 is 0 Å². The minimum Gasteiger partial charge on any atom is -0.339 e. The highest BCUT2D eigenvalue weighted by Crippen LogP contribution is 2.17. The van der Waals surface area contributed by atoms with Gasteiger partial charge in [-0.2, -0.15) is 0 Å². The second-order valence-corrected chi connectivity index (χ2v) is 4.53. The van der Waals surface area contributed by atoms with E-state index in [0.717, 1.165) is 45.3 Å². The zero-order valence-electron chi connectivity index (χ0n) is 10.4. The van der Waals surface area contributed by atoms with E-state index in [9.17, 15) is 4.79 Å². The van der Waals surface area contributed by atoms with Crippen LogP contribution in [-0.4, -0.2) is 37.0 Å². The summed E-state index contributed by atoms with van der Waals surface area (Å²) in [5, 5.41) is 3.33. The van der Waals surface area contributed by atoms with E-state index < -0.39 is 0 Å². The normalized spacial score (nSPS) is 17.1. The van der Waals surface area contributed by atoms with E-state index in [1.165, 1.54) is 0 Å². The second-order valence-electron chi connectivity index (χ2n) is 4.53. The Balaban J connectivity index is 2.37. The van der Waals surface area contributed by atoms with Crippen molar-refractivity contribution in [2.75, 3.05) is 26.2 Å². The first kappa shape index (κ1) is 13.2. The summed E-state index contributed by atoms with van der Waals surface area (Å²) in [6.07, 6.45) is 5.83. The van der Waals surface area contributed by atoms with Gasteiger partial charge < -0.3 is 10.2 Å².